The summed E-state index contributed by atoms with van der Waals surface area (Å²) in [6.45, 7) is 4.05. The van der Waals surface area contributed by atoms with E-state index in [1.165, 1.54) is 45.1 Å². The fourth-order valence-electron chi connectivity index (χ4n) is 11.6. The maximum absolute atomic E-state index is 15.4. The first-order chi connectivity index (χ1) is 48.7. The van der Waals surface area contributed by atoms with E-state index < -0.39 is 76.5 Å². The van der Waals surface area contributed by atoms with Crippen molar-refractivity contribution < 1.29 is 57.3 Å². The number of β-lactam (4-membered cyclic amide) rings is 1. The first-order valence-electron chi connectivity index (χ1n) is 31.4. The summed E-state index contributed by atoms with van der Waals surface area (Å²) in [5.74, 6) is -6.20. The maximum atomic E-state index is 15.4. The minimum Gasteiger partial charge on any atom is -0.448 e. The van der Waals surface area contributed by atoms with Crippen molar-refractivity contribution in [3.63, 3.8) is 0 Å². The highest BCUT2D eigenvalue weighted by Crippen LogP contribution is 2.45. The van der Waals surface area contributed by atoms with Gasteiger partial charge in [-0.2, -0.15) is 9.50 Å². The highest BCUT2D eigenvalue weighted by molar-refractivity contribution is 8.01. The summed E-state index contributed by atoms with van der Waals surface area (Å²) in [7, 11) is 0. The number of nitrogens with one attached hydrogen (secondary N) is 2. The fourth-order valence-corrected chi connectivity index (χ4v) is 14.9. The van der Waals surface area contributed by atoms with Crippen LogP contribution in [0.5, 0.6) is 11.5 Å². The Labute approximate surface area is 585 Å². The van der Waals surface area contributed by atoms with Crippen LogP contribution < -0.4 is 20.1 Å². The third-order valence-electron chi connectivity index (χ3n) is 16.2. The van der Waals surface area contributed by atoms with E-state index in [4.69, 9.17) is 28.8 Å². The van der Waals surface area contributed by atoms with Crippen molar-refractivity contribution in [1.29, 1.82) is 0 Å². The fraction of sp³-hybridized carbons (Fsp3) is 0.132. The lowest BCUT2D eigenvalue weighted by atomic mass is 9.77. The predicted octanol–water partition coefficient (Wildman–Crippen LogP) is 12.4. The molecule has 11 aromatic rings. The summed E-state index contributed by atoms with van der Waals surface area (Å²) >= 11 is 3.68. The zero-order chi connectivity index (χ0) is 69.3. The van der Waals surface area contributed by atoms with E-state index in [0.717, 1.165) is 59.1 Å². The molecule has 0 unspecified atom stereocenters. The second kappa shape index (κ2) is 29.9. The van der Waals surface area contributed by atoms with E-state index in [0.29, 0.717) is 32.6 Å². The molecule has 100 heavy (non-hydrogen) atoms. The normalized spacial score (nSPS) is 14.4. The Morgan fingerprint density at radius 2 is 1.11 bits per heavy atom. The minimum atomic E-state index is -1.30. The number of carbonyl (C=O) groups is 7. The Morgan fingerprint density at radius 1 is 0.610 bits per heavy atom. The Morgan fingerprint density at radius 3 is 1.63 bits per heavy atom. The summed E-state index contributed by atoms with van der Waals surface area (Å²) in [6, 6.07) is 70.4. The highest BCUT2D eigenvalue weighted by atomic mass is 32.2. The standard InChI is InChI=1S/C76H59N9O12S3/c1-46-41-61(85-74(77-46)80-67(82-85)73(92)96-66(51-29-15-6-16-30-51)52-31-17-7-18-32-52)98-43-54-44-99-70-63(69(89)84(70)64(54)72(91)95-65(49-25-11-4-12-26-49)50-27-13-5-14-28-50)79-68(88)62(83-97-71(90)53-39-40-59(93-47(2)86)60(42-53)94-48(3)87)58-45-100-75(78-58)81-76(55-33-19-8-20-34-55,56-35-21-9-22-36-56)57-37-23-10-24-38-57/h4-42,45,63,65-66,70H,43-44H2,1-3H3,(H,78,81)(H,79,88)/b83-62-/t63-,70-/m1/s1. The molecule has 21 nitrogen and oxygen atoms in total. The Bertz CT molecular complexity index is 4760. The highest BCUT2D eigenvalue weighted by Gasteiger charge is 2.55. The van der Waals surface area contributed by atoms with Gasteiger partial charge in [-0.15, -0.1) is 40.0 Å². The third kappa shape index (κ3) is 14.4. The third-order valence-corrected chi connectivity index (χ3v) is 19.3. The van der Waals surface area contributed by atoms with Crippen LogP contribution in [0, 0.1) is 6.92 Å². The van der Waals surface area contributed by atoms with Gasteiger partial charge in [-0.3, -0.25) is 24.1 Å². The number of hydrogen-bond acceptors (Lipinski definition) is 21. The summed E-state index contributed by atoms with van der Waals surface area (Å²) in [5, 5.41) is 16.7. The van der Waals surface area contributed by atoms with Crippen LogP contribution in [0.3, 0.4) is 0 Å². The monoisotopic (exact) mass is 1390 g/mol. The SMILES string of the molecule is CC(=O)Oc1ccc(C(=O)O/N=C(\C(=O)N[C@@H]2C(=O)N3C(C(=O)OC(c4ccccc4)c4ccccc4)=C(CSc4cc(C)nc5nc(C(=O)OC(c6ccccc6)c6ccccc6)nn45)CS[C@H]23)c2csc(NC(c3ccccc3)(c3ccccc3)c3ccccc3)n2)cc1OC(C)=O. The van der Waals surface area contributed by atoms with E-state index in [2.05, 4.69) is 30.9 Å². The van der Waals surface area contributed by atoms with Crippen LogP contribution >= 0.6 is 34.9 Å². The molecule has 1 saturated heterocycles. The molecular formula is C76H59N9O12S3. The maximum Gasteiger partial charge on any atom is 0.379 e. The van der Waals surface area contributed by atoms with Crippen molar-refractivity contribution in [2.24, 2.45) is 5.16 Å². The van der Waals surface area contributed by atoms with Crippen LogP contribution in [0.25, 0.3) is 5.78 Å². The molecule has 2 N–H and O–H groups in total. The molecule has 24 heteroatoms. The lowest BCUT2D eigenvalue weighted by Crippen LogP contribution is -2.71. The van der Waals surface area contributed by atoms with Gasteiger partial charge < -0.3 is 34.4 Å². The predicted molar refractivity (Wildman–Crippen MR) is 375 cm³/mol. The van der Waals surface area contributed by atoms with Crippen molar-refractivity contribution in [1.82, 2.24) is 34.8 Å². The van der Waals surface area contributed by atoms with Gasteiger partial charge in [-0.25, -0.2) is 24.4 Å². The molecule has 3 aromatic heterocycles. The molecule has 1 fully saturated rings. The number of aromatic nitrogens is 5. The van der Waals surface area contributed by atoms with E-state index in [-0.39, 0.29) is 51.6 Å². The average molecular weight is 1390 g/mol. The molecule has 5 heterocycles. The first-order valence-corrected chi connectivity index (χ1v) is 34.3. The van der Waals surface area contributed by atoms with Crippen LogP contribution in [0.2, 0.25) is 0 Å². The van der Waals surface area contributed by atoms with Crippen LogP contribution in [-0.4, -0.2) is 99.8 Å². The number of ether oxygens (including phenoxy) is 4. The molecule has 2 amide bonds. The van der Waals surface area contributed by atoms with Gasteiger partial charge in [-0.05, 0) is 75.7 Å². The van der Waals surface area contributed by atoms with Crippen molar-refractivity contribution >= 4 is 93.1 Å². The second-order valence-electron chi connectivity index (χ2n) is 22.9. The van der Waals surface area contributed by atoms with Crippen LogP contribution in [0.4, 0.5) is 5.13 Å². The number of nitrogens with zero attached hydrogens (tertiary/aromatic N) is 7. The number of thioether (sulfide) groups is 2. The van der Waals surface area contributed by atoms with Crippen molar-refractivity contribution in [3.05, 3.63) is 315 Å². The summed E-state index contributed by atoms with van der Waals surface area (Å²) < 4.78 is 24.6. The molecule has 2 atom stereocenters. The first kappa shape index (κ1) is 66.7. The topological polar surface area (TPSA) is 261 Å². The van der Waals surface area contributed by atoms with Gasteiger partial charge in [0, 0.05) is 36.4 Å². The number of rotatable bonds is 23. The Hall–Kier alpha value is -11.9. The molecule has 13 rings (SSSR count). The van der Waals surface area contributed by atoms with Gasteiger partial charge >= 0.3 is 29.8 Å². The van der Waals surface area contributed by atoms with Crippen molar-refractivity contribution in [2.75, 3.05) is 16.8 Å². The average Bonchev–Trinajstić information content (AvgIpc) is 0.895. The molecule has 8 aromatic carbocycles. The molecule has 498 valence electrons. The van der Waals surface area contributed by atoms with E-state index in [1.807, 2.05) is 212 Å². The molecular weight excluding hydrogens is 1330 g/mol. The molecule has 0 saturated carbocycles. The lowest BCUT2D eigenvalue weighted by Gasteiger charge is -2.49. The summed E-state index contributed by atoms with van der Waals surface area (Å²) in [4.78, 5) is 119. The van der Waals surface area contributed by atoms with Gasteiger partial charge in [0.05, 0.1) is 5.56 Å². The summed E-state index contributed by atoms with van der Waals surface area (Å²) in [6.07, 6.45) is -1.70. The smallest absolute Gasteiger partial charge is 0.379 e. The largest absolute Gasteiger partial charge is 0.448 e. The number of esters is 4. The number of oxime groups is 1. The van der Waals surface area contributed by atoms with Gasteiger partial charge in [0.1, 0.15) is 33.4 Å². The molecule has 2 aliphatic heterocycles. The van der Waals surface area contributed by atoms with E-state index in [9.17, 15) is 19.2 Å². The number of aryl methyl sites for hydroxylation is 1. The summed E-state index contributed by atoms with van der Waals surface area (Å²) in [5.41, 5.74) is 4.51. The molecule has 0 aliphatic carbocycles. The van der Waals surface area contributed by atoms with E-state index in [1.54, 1.807) is 18.4 Å². The second-order valence-corrected chi connectivity index (χ2v) is 25.8. The molecule has 0 radical (unpaired) electrons. The zero-order valence-electron chi connectivity index (χ0n) is 53.6. The number of hydrogen-bond donors (Lipinski definition) is 2. The number of amides is 2. The van der Waals surface area contributed by atoms with Gasteiger partial charge in [0.2, 0.25) is 0 Å². The van der Waals surface area contributed by atoms with Crippen LogP contribution in [0.1, 0.15) is 97.4 Å². The van der Waals surface area contributed by atoms with Crippen molar-refractivity contribution in [3.8, 4) is 11.5 Å². The van der Waals surface area contributed by atoms with Gasteiger partial charge in [0.25, 0.3) is 23.4 Å². The number of anilines is 1. The number of fused-ring (bicyclic) bond motifs is 2. The molecule has 0 spiro atoms. The Balaban J connectivity index is 0.831. The number of benzene rings is 8. The van der Waals surface area contributed by atoms with Crippen LogP contribution in [0.15, 0.2) is 263 Å². The molecule has 2 aliphatic rings. The van der Waals surface area contributed by atoms with Crippen molar-refractivity contribution in [2.45, 2.75) is 55.0 Å². The lowest BCUT2D eigenvalue weighted by molar-refractivity contribution is -0.154. The molecule has 0 bridgehead atoms. The number of carbonyl (C=O) groups excluding carboxylic acids is 7. The number of thiazole rings is 1. The van der Waals surface area contributed by atoms with Gasteiger partial charge in [0.15, 0.2) is 34.6 Å². The van der Waals surface area contributed by atoms with Crippen LogP contribution in [-0.2, 0) is 43.8 Å². The van der Waals surface area contributed by atoms with Gasteiger partial charge in [-0.1, -0.05) is 217 Å². The zero-order valence-corrected chi connectivity index (χ0v) is 56.0. The minimum absolute atomic E-state index is 0.0500. The Kier molecular flexibility index (Phi) is 19.9. The quantitative estimate of drug-likeness (QED) is 0.00694. The van der Waals surface area contributed by atoms with E-state index >= 15 is 14.4 Å².